The van der Waals surface area contributed by atoms with Gasteiger partial charge in [-0.05, 0) is 0 Å². The summed E-state index contributed by atoms with van der Waals surface area (Å²) < 4.78 is 12.8. The molecule has 0 aliphatic heterocycles. The summed E-state index contributed by atoms with van der Waals surface area (Å²) in [7, 11) is 12.0. The van der Waals surface area contributed by atoms with E-state index in [0.717, 1.165) is 0 Å². The van der Waals surface area contributed by atoms with E-state index >= 15 is 0 Å². The van der Waals surface area contributed by atoms with Crippen LogP contribution in [0.4, 0.5) is 0 Å². The van der Waals surface area contributed by atoms with Gasteiger partial charge in [-0.3, -0.25) is 0 Å². The molecule has 5 heteroatoms. The zero-order valence-corrected chi connectivity index (χ0v) is 12.2. The fourth-order valence-electron chi connectivity index (χ4n) is 1.01. The standard InChI is InChI=1S/C8H24IN2O2/c1-9(2,12-10(3,4)5)13-11(6,7)8/h1-8H3/q+1. The van der Waals surface area contributed by atoms with Crippen molar-refractivity contribution in [2.75, 3.05) is 52.1 Å². The maximum absolute atomic E-state index is 5.88. The molecule has 0 saturated carbocycles. The molecule has 0 N–H and O–H groups in total. The summed E-state index contributed by atoms with van der Waals surface area (Å²) in [5.74, 6) is 0. The molecule has 4 nitrogen and oxygen atoms in total. The van der Waals surface area contributed by atoms with E-state index in [1.165, 1.54) is 0 Å². The van der Waals surface area contributed by atoms with E-state index in [1.54, 1.807) is 0 Å². The maximum atomic E-state index is 5.88. The molecule has 0 unspecified atom stereocenters. The van der Waals surface area contributed by atoms with E-state index in [4.69, 9.17) is 6.33 Å². The Bertz CT molecular complexity index is 152. The van der Waals surface area contributed by atoms with Gasteiger partial charge in [-0.25, -0.2) is 0 Å². The molecule has 0 radical (unpaired) electrons. The predicted molar refractivity (Wildman–Crippen MR) is 50.1 cm³/mol. The first-order valence-corrected chi connectivity index (χ1v) is 10.2. The summed E-state index contributed by atoms with van der Waals surface area (Å²) in [4.78, 5) is 4.19. The molecule has 0 spiro atoms. The third-order valence-electron chi connectivity index (χ3n) is 0.746. The Kier molecular flexibility index (Phi) is 4.15. The number of hydrogen-bond acceptors (Lipinski definition) is 2. The summed E-state index contributed by atoms with van der Waals surface area (Å²) >= 11 is -2.46. The van der Waals surface area contributed by atoms with Gasteiger partial charge < -0.3 is 0 Å². The van der Waals surface area contributed by atoms with Gasteiger partial charge in [0.05, 0.1) is 0 Å². The molecule has 0 aromatic rings. The first-order chi connectivity index (χ1) is 5.41. The molecule has 0 aliphatic rings. The van der Waals surface area contributed by atoms with Crippen LogP contribution in [0.1, 0.15) is 0 Å². The molecule has 0 aromatic carbocycles. The second-order valence-corrected chi connectivity index (χ2v) is 11.8. The molecule has 0 aliphatic carbocycles. The van der Waals surface area contributed by atoms with Crippen LogP contribution in [0.3, 0.4) is 0 Å². The quantitative estimate of drug-likeness (QED) is 0.248. The van der Waals surface area contributed by atoms with Crippen LogP contribution in [-0.4, -0.2) is 61.4 Å². The van der Waals surface area contributed by atoms with Crippen molar-refractivity contribution in [2.24, 2.45) is 0 Å². The van der Waals surface area contributed by atoms with Gasteiger partial charge in [-0.1, -0.05) is 0 Å². The van der Waals surface area contributed by atoms with Gasteiger partial charge in [0.2, 0.25) is 0 Å². The second-order valence-electron chi connectivity index (χ2n) is 4.97. The van der Waals surface area contributed by atoms with Gasteiger partial charge >= 0.3 is 87.0 Å². The normalized spacial score (nSPS) is 16.0. The molecule has 0 fully saturated rings. The van der Waals surface area contributed by atoms with Crippen molar-refractivity contribution in [1.29, 1.82) is 0 Å². The minimum absolute atomic E-state index is 0.504. The molecular formula is C8H24IN2O2+. The zero-order valence-electron chi connectivity index (χ0n) is 10.1. The average molecular weight is 307 g/mol. The van der Waals surface area contributed by atoms with Crippen LogP contribution in [0.25, 0.3) is 0 Å². The molecule has 0 bridgehead atoms. The molecular weight excluding hydrogens is 283 g/mol. The number of alkyl halides is 2. The second kappa shape index (κ2) is 3.98. The number of nitrogens with zero attached hydrogens (tertiary/aromatic N) is 2. The SMILES string of the molecule is C[N+](C)(C)O[I-](C)(C)O[N+](C)(C)C. The molecule has 0 rings (SSSR count). The number of hydrogen-bond donors (Lipinski definition) is 0. The van der Waals surface area contributed by atoms with Crippen LogP contribution in [-0.2, 0) is 6.33 Å². The predicted octanol–water partition coefficient (Wildman–Crippen LogP) is -2.49. The van der Waals surface area contributed by atoms with E-state index in [1.807, 2.05) is 42.3 Å². The summed E-state index contributed by atoms with van der Waals surface area (Å²) in [5.41, 5.74) is 0. The minimum atomic E-state index is -2.46. The van der Waals surface area contributed by atoms with Crippen molar-refractivity contribution < 1.29 is 34.9 Å². The van der Waals surface area contributed by atoms with Crippen molar-refractivity contribution in [2.45, 2.75) is 0 Å². The van der Waals surface area contributed by atoms with Gasteiger partial charge in [-0.15, -0.1) is 0 Å². The Balaban J connectivity index is 4.25. The molecule has 0 atom stereocenters. The van der Waals surface area contributed by atoms with Gasteiger partial charge in [0.15, 0.2) is 0 Å². The van der Waals surface area contributed by atoms with Crippen LogP contribution in [0.15, 0.2) is 0 Å². The van der Waals surface area contributed by atoms with Crippen LogP contribution < -0.4 is 19.3 Å². The Morgan fingerprint density at radius 3 is 1.08 bits per heavy atom. The molecule has 84 valence electrons. The third kappa shape index (κ3) is 8.89. The zero-order chi connectivity index (χ0) is 10.9. The first-order valence-electron chi connectivity index (χ1n) is 4.11. The first kappa shape index (κ1) is 13.6. The molecule has 0 saturated heterocycles. The fraction of sp³-hybridized carbons (Fsp3) is 1.00. The Labute approximate surface area is 87.1 Å². The van der Waals surface area contributed by atoms with Gasteiger partial charge in [-0.2, -0.15) is 0 Å². The van der Waals surface area contributed by atoms with Crippen LogP contribution in [0, 0.1) is 0 Å². The monoisotopic (exact) mass is 307 g/mol. The Morgan fingerprint density at radius 2 is 0.923 bits per heavy atom. The van der Waals surface area contributed by atoms with E-state index in [0.29, 0.717) is 9.29 Å². The van der Waals surface area contributed by atoms with Crippen LogP contribution in [0.2, 0.25) is 0 Å². The molecule has 13 heavy (non-hydrogen) atoms. The summed E-state index contributed by atoms with van der Waals surface area (Å²) in [6.45, 7) is 0. The summed E-state index contributed by atoms with van der Waals surface area (Å²) in [6, 6.07) is 0. The van der Waals surface area contributed by atoms with E-state index in [-0.39, 0.29) is 0 Å². The topological polar surface area (TPSA) is 18.5 Å². The molecule has 0 aromatic heterocycles. The van der Waals surface area contributed by atoms with Gasteiger partial charge in [0, 0.05) is 0 Å². The van der Waals surface area contributed by atoms with Crippen molar-refractivity contribution in [1.82, 2.24) is 0 Å². The van der Waals surface area contributed by atoms with Crippen molar-refractivity contribution in [3.05, 3.63) is 0 Å². The average Bonchev–Trinajstić information content (AvgIpc) is 1.43. The van der Waals surface area contributed by atoms with E-state index < -0.39 is 19.3 Å². The summed E-state index contributed by atoms with van der Waals surface area (Å²) in [5, 5.41) is 0. The van der Waals surface area contributed by atoms with Crippen LogP contribution in [0.5, 0.6) is 0 Å². The number of quaternary nitrogens is 2. The molecule has 0 heterocycles. The van der Waals surface area contributed by atoms with E-state index in [2.05, 4.69) is 9.86 Å². The summed E-state index contributed by atoms with van der Waals surface area (Å²) in [6.07, 6.45) is 0. The van der Waals surface area contributed by atoms with Crippen LogP contribution >= 0.6 is 0 Å². The number of hydroxylamine groups is 6. The number of halogens is 1. The van der Waals surface area contributed by atoms with Crippen molar-refractivity contribution in [3.8, 4) is 0 Å². The van der Waals surface area contributed by atoms with Crippen molar-refractivity contribution in [3.63, 3.8) is 0 Å². The fourth-order valence-corrected chi connectivity index (χ4v) is 6.77. The van der Waals surface area contributed by atoms with Gasteiger partial charge in [0.25, 0.3) is 0 Å². The molecule has 0 amide bonds. The van der Waals surface area contributed by atoms with Gasteiger partial charge in [0.1, 0.15) is 0 Å². The Morgan fingerprint density at radius 1 is 0.692 bits per heavy atom. The third-order valence-corrected chi connectivity index (χ3v) is 5.01. The van der Waals surface area contributed by atoms with E-state index in [9.17, 15) is 0 Å². The van der Waals surface area contributed by atoms with Crippen molar-refractivity contribution >= 4 is 0 Å². The number of rotatable bonds is 4. The Hall–Kier alpha value is 0.570.